The molecular weight excluding hydrogens is 362 g/mol. The molecule has 0 amide bonds. The van der Waals surface area contributed by atoms with Gasteiger partial charge in [0.05, 0.1) is 10.4 Å². The second kappa shape index (κ2) is 6.83. The zero-order chi connectivity index (χ0) is 19.7. The van der Waals surface area contributed by atoms with E-state index >= 15 is 0 Å². The monoisotopic (exact) mass is 375 g/mol. The second-order valence-electron chi connectivity index (χ2n) is 5.90. The zero-order valence-corrected chi connectivity index (χ0v) is 14.6. The Morgan fingerprint density at radius 1 is 1.11 bits per heavy atom. The summed E-state index contributed by atoms with van der Waals surface area (Å²) in [6.45, 7) is 1.46. The molecule has 10 heteroatoms. The molecule has 0 spiro atoms. The SMILES string of the molecule is CC(=O)c1ccc(Nc2ncnc(-n3nnc4ccccc43)c2[N+](=O)[O-])cc1. The van der Waals surface area contributed by atoms with Gasteiger partial charge in [-0.15, -0.1) is 5.10 Å². The molecule has 0 aliphatic carbocycles. The van der Waals surface area contributed by atoms with Crippen molar-refractivity contribution >= 4 is 34.0 Å². The van der Waals surface area contributed by atoms with E-state index in [1.807, 2.05) is 0 Å². The van der Waals surface area contributed by atoms with Crippen molar-refractivity contribution in [2.45, 2.75) is 6.92 Å². The van der Waals surface area contributed by atoms with Crippen LogP contribution >= 0.6 is 0 Å². The molecule has 0 bridgehead atoms. The highest BCUT2D eigenvalue weighted by Gasteiger charge is 2.26. The smallest absolute Gasteiger partial charge is 0.334 e. The van der Waals surface area contributed by atoms with E-state index in [0.717, 1.165) is 0 Å². The second-order valence-corrected chi connectivity index (χ2v) is 5.90. The molecule has 138 valence electrons. The number of rotatable bonds is 5. The number of fused-ring (bicyclic) bond motifs is 1. The van der Waals surface area contributed by atoms with Crippen molar-refractivity contribution < 1.29 is 9.72 Å². The summed E-state index contributed by atoms with van der Waals surface area (Å²) in [5.74, 6) is -0.0679. The third-order valence-corrected chi connectivity index (χ3v) is 4.09. The number of anilines is 2. The van der Waals surface area contributed by atoms with Gasteiger partial charge in [-0.3, -0.25) is 14.9 Å². The fourth-order valence-electron chi connectivity index (χ4n) is 2.73. The lowest BCUT2D eigenvalue weighted by Gasteiger charge is -2.09. The van der Waals surface area contributed by atoms with Crippen LogP contribution in [0.5, 0.6) is 0 Å². The summed E-state index contributed by atoms with van der Waals surface area (Å²) in [6.07, 6.45) is 1.21. The Kier molecular flexibility index (Phi) is 4.20. The van der Waals surface area contributed by atoms with Crippen LogP contribution in [-0.2, 0) is 0 Å². The van der Waals surface area contributed by atoms with Gasteiger partial charge in [0.15, 0.2) is 5.78 Å². The third kappa shape index (κ3) is 3.03. The van der Waals surface area contributed by atoms with Crippen molar-refractivity contribution in [3.8, 4) is 5.82 Å². The normalized spacial score (nSPS) is 10.8. The average Bonchev–Trinajstić information content (AvgIpc) is 3.12. The van der Waals surface area contributed by atoms with Crippen molar-refractivity contribution in [1.82, 2.24) is 25.0 Å². The van der Waals surface area contributed by atoms with Crippen LogP contribution in [0.25, 0.3) is 16.9 Å². The highest BCUT2D eigenvalue weighted by Crippen LogP contribution is 2.31. The maximum Gasteiger partial charge on any atom is 0.356 e. The number of nitro groups is 1. The molecule has 0 radical (unpaired) electrons. The van der Waals surface area contributed by atoms with Gasteiger partial charge in [-0.05, 0) is 43.3 Å². The number of ketones is 1. The van der Waals surface area contributed by atoms with E-state index in [4.69, 9.17) is 0 Å². The van der Waals surface area contributed by atoms with Crippen LogP contribution in [-0.4, -0.2) is 35.7 Å². The maximum absolute atomic E-state index is 11.8. The van der Waals surface area contributed by atoms with Crippen molar-refractivity contribution in [2.24, 2.45) is 0 Å². The lowest BCUT2D eigenvalue weighted by atomic mass is 10.1. The molecule has 4 aromatic rings. The minimum absolute atomic E-state index is 0.00319. The van der Waals surface area contributed by atoms with Crippen LogP contribution in [0, 0.1) is 10.1 Å². The van der Waals surface area contributed by atoms with Crippen molar-refractivity contribution in [3.05, 3.63) is 70.5 Å². The molecule has 0 saturated heterocycles. The molecule has 0 aliphatic heterocycles. The molecule has 2 heterocycles. The molecule has 10 nitrogen and oxygen atoms in total. The number of aromatic nitrogens is 5. The summed E-state index contributed by atoms with van der Waals surface area (Å²) in [4.78, 5) is 30.7. The van der Waals surface area contributed by atoms with Gasteiger partial charge in [0.2, 0.25) is 11.6 Å². The van der Waals surface area contributed by atoms with E-state index < -0.39 is 4.92 Å². The van der Waals surface area contributed by atoms with E-state index in [0.29, 0.717) is 22.3 Å². The Labute approximate surface area is 158 Å². The lowest BCUT2D eigenvalue weighted by molar-refractivity contribution is -0.384. The predicted molar refractivity (Wildman–Crippen MR) is 101 cm³/mol. The molecule has 2 aromatic heterocycles. The van der Waals surface area contributed by atoms with Gasteiger partial charge in [-0.1, -0.05) is 17.3 Å². The van der Waals surface area contributed by atoms with Gasteiger partial charge in [-0.2, -0.15) is 4.68 Å². The Morgan fingerprint density at radius 2 is 1.86 bits per heavy atom. The average molecular weight is 375 g/mol. The van der Waals surface area contributed by atoms with Crippen molar-refractivity contribution in [3.63, 3.8) is 0 Å². The fourth-order valence-corrected chi connectivity index (χ4v) is 2.73. The molecule has 1 N–H and O–H groups in total. The summed E-state index contributed by atoms with van der Waals surface area (Å²) < 4.78 is 1.30. The van der Waals surface area contributed by atoms with Crippen molar-refractivity contribution in [2.75, 3.05) is 5.32 Å². The number of nitrogens with zero attached hydrogens (tertiary/aromatic N) is 6. The number of hydrogen-bond donors (Lipinski definition) is 1. The number of benzene rings is 2. The van der Waals surface area contributed by atoms with Gasteiger partial charge in [0, 0.05) is 11.3 Å². The summed E-state index contributed by atoms with van der Waals surface area (Å²) in [5, 5.41) is 22.7. The van der Waals surface area contributed by atoms with Gasteiger partial charge in [0.25, 0.3) is 0 Å². The molecule has 28 heavy (non-hydrogen) atoms. The lowest BCUT2D eigenvalue weighted by Crippen LogP contribution is -2.09. The first-order chi connectivity index (χ1) is 13.5. The minimum Gasteiger partial charge on any atom is -0.334 e. The van der Waals surface area contributed by atoms with Gasteiger partial charge in [-0.25, -0.2) is 9.97 Å². The Balaban J connectivity index is 1.80. The highest BCUT2D eigenvalue weighted by atomic mass is 16.6. The fraction of sp³-hybridized carbons (Fsp3) is 0.0556. The van der Waals surface area contributed by atoms with E-state index in [1.54, 1.807) is 48.5 Å². The first kappa shape index (κ1) is 17.2. The van der Waals surface area contributed by atoms with Crippen molar-refractivity contribution in [1.29, 1.82) is 0 Å². The third-order valence-electron chi connectivity index (χ3n) is 4.09. The molecule has 0 atom stereocenters. The van der Waals surface area contributed by atoms with Crippen LogP contribution in [0.15, 0.2) is 54.9 Å². The molecule has 0 fully saturated rings. The Hall–Kier alpha value is -4.21. The number of carbonyl (C=O) groups is 1. The molecular formula is C18H13N7O3. The minimum atomic E-state index is -0.571. The standard InChI is InChI=1S/C18H13N7O3/c1-11(26)12-6-8-13(9-7-12)21-17-16(25(27)28)18(20-10-19-17)24-15-5-3-2-4-14(15)22-23-24/h2-10H,1H3,(H,19,20,21). The molecule has 0 aliphatic rings. The van der Waals surface area contributed by atoms with Gasteiger partial charge < -0.3 is 5.32 Å². The number of carbonyl (C=O) groups excluding carboxylic acids is 1. The number of para-hydroxylation sites is 1. The van der Waals surface area contributed by atoms with Crippen LogP contribution in [0.3, 0.4) is 0 Å². The van der Waals surface area contributed by atoms with Crippen LogP contribution in [0.2, 0.25) is 0 Å². The van der Waals surface area contributed by atoms with E-state index in [1.165, 1.54) is 17.9 Å². The van der Waals surface area contributed by atoms with Crippen LogP contribution < -0.4 is 5.32 Å². The van der Waals surface area contributed by atoms with Gasteiger partial charge in [0.1, 0.15) is 11.8 Å². The molecule has 0 unspecified atom stereocenters. The first-order valence-electron chi connectivity index (χ1n) is 8.23. The van der Waals surface area contributed by atoms with Crippen LogP contribution in [0.4, 0.5) is 17.2 Å². The number of hydrogen-bond acceptors (Lipinski definition) is 8. The largest absolute Gasteiger partial charge is 0.356 e. The van der Waals surface area contributed by atoms with E-state index in [2.05, 4.69) is 25.6 Å². The topological polar surface area (TPSA) is 129 Å². The Bertz CT molecular complexity index is 1200. The molecule has 4 rings (SSSR count). The predicted octanol–water partition coefficient (Wildman–Crippen LogP) is 3.06. The van der Waals surface area contributed by atoms with E-state index in [-0.39, 0.29) is 23.1 Å². The quantitative estimate of drug-likeness (QED) is 0.320. The molecule has 2 aromatic carbocycles. The first-order valence-corrected chi connectivity index (χ1v) is 8.23. The molecule has 0 saturated carbocycles. The van der Waals surface area contributed by atoms with Gasteiger partial charge >= 0.3 is 5.69 Å². The highest BCUT2D eigenvalue weighted by molar-refractivity contribution is 5.94. The summed E-state index contributed by atoms with van der Waals surface area (Å²) in [6, 6.07) is 13.6. The maximum atomic E-state index is 11.8. The van der Waals surface area contributed by atoms with Crippen LogP contribution in [0.1, 0.15) is 17.3 Å². The summed E-state index contributed by atoms with van der Waals surface area (Å²) >= 11 is 0. The summed E-state index contributed by atoms with van der Waals surface area (Å²) in [7, 11) is 0. The summed E-state index contributed by atoms with van der Waals surface area (Å²) in [5.41, 5.74) is 1.92. The Morgan fingerprint density at radius 3 is 2.57 bits per heavy atom. The van der Waals surface area contributed by atoms with E-state index in [9.17, 15) is 14.9 Å². The zero-order valence-electron chi connectivity index (χ0n) is 14.6. The number of nitrogens with one attached hydrogen (secondary N) is 1. The number of Topliss-reactive ketones (excluding diaryl/α,β-unsaturated/α-hetero) is 1.